The Balaban J connectivity index is 4.32. The van der Waals surface area contributed by atoms with Gasteiger partial charge in [-0.3, -0.25) is 13.8 Å². The van der Waals surface area contributed by atoms with Crippen molar-refractivity contribution in [3.8, 4) is 0 Å². The van der Waals surface area contributed by atoms with Crippen molar-refractivity contribution in [1.82, 2.24) is 0 Å². The zero-order valence-corrected chi connectivity index (χ0v) is 29.7. The Kier molecular flexibility index (Phi) is 28.9. The molecule has 0 heterocycles. The van der Waals surface area contributed by atoms with E-state index >= 15 is 0 Å². The third-order valence-corrected chi connectivity index (χ3v) is 8.45. The van der Waals surface area contributed by atoms with Crippen molar-refractivity contribution in [2.75, 3.05) is 39.6 Å². The molecule has 280 valence electrons. The van der Waals surface area contributed by atoms with Crippen LogP contribution in [0.15, 0.2) is 0 Å². The molecule has 0 spiro atoms. The summed E-state index contributed by atoms with van der Waals surface area (Å²) in [6.45, 7) is 1.85. The highest BCUT2D eigenvalue weighted by Crippen LogP contribution is 2.43. The molecule has 11 nitrogen and oxygen atoms in total. The van der Waals surface area contributed by atoms with E-state index < -0.39 is 64.1 Å². The van der Waals surface area contributed by atoms with Crippen molar-refractivity contribution in [3.05, 3.63) is 0 Å². The first-order valence-corrected chi connectivity index (χ1v) is 19.2. The highest BCUT2D eigenvalue weighted by atomic mass is 31.2. The molecular formula is C33H63F2O11P. The van der Waals surface area contributed by atoms with Gasteiger partial charge in [-0.1, -0.05) is 103 Å². The fourth-order valence-electron chi connectivity index (χ4n) is 4.73. The summed E-state index contributed by atoms with van der Waals surface area (Å²) >= 11 is 0. The number of aliphatic hydroxyl groups is 2. The van der Waals surface area contributed by atoms with E-state index in [4.69, 9.17) is 19.1 Å². The lowest BCUT2D eigenvalue weighted by Crippen LogP contribution is -2.31. The Bertz CT molecular complexity index is 819. The molecular weight excluding hydrogens is 641 g/mol. The maximum absolute atomic E-state index is 13.8. The summed E-state index contributed by atoms with van der Waals surface area (Å²) in [5, 5.41) is 18.2. The number of carbonyl (C=O) groups is 2. The first kappa shape index (κ1) is 45.8. The Labute approximate surface area is 281 Å². The maximum atomic E-state index is 13.8. The van der Waals surface area contributed by atoms with E-state index in [1.165, 1.54) is 84.0 Å². The van der Waals surface area contributed by atoms with Crippen molar-refractivity contribution < 1.29 is 61.3 Å². The van der Waals surface area contributed by atoms with Crippen LogP contribution < -0.4 is 0 Å². The van der Waals surface area contributed by atoms with Gasteiger partial charge in [-0.25, -0.2) is 9.36 Å². The first-order chi connectivity index (χ1) is 22.5. The standard InChI is InChI=1S/C33H63F2O11P/c1-3-5-6-7-8-9-10-11-12-13-14-15-16-17-18-21-24-42-27-30(28-45-47(40,41)44-26-29(37)25-36)46-31(38)22-19-20-23-33(34,35)32(39)43-4-2/h29-30,36-37H,3-28H2,1-2H3,(H,40,41)/t29-,30+/m0/s1. The molecule has 0 aliphatic rings. The van der Waals surface area contributed by atoms with Crippen LogP contribution in [0.3, 0.4) is 0 Å². The van der Waals surface area contributed by atoms with E-state index in [2.05, 4.69) is 16.2 Å². The van der Waals surface area contributed by atoms with Gasteiger partial charge in [0.05, 0.1) is 33.0 Å². The van der Waals surface area contributed by atoms with Gasteiger partial charge in [0.2, 0.25) is 0 Å². The summed E-state index contributed by atoms with van der Waals surface area (Å²) in [4.78, 5) is 33.5. The molecule has 0 aliphatic heterocycles. The van der Waals surface area contributed by atoms with E-state index in [0.29, 0.717) is 6.61 Å². The summed E-state index contributed by atoms with van der Waals surface area (Å²) in [6.07, 6.45) is 16.3. The van der Waals surface area contributed by atoms with Crippen molar-refractivity contribution in [3.63, 3.8) is 0 Å². The van der Waals surface area contributed by atoms with Crippen molar-refractivity contribution in [2.45, 2.75) is 160 Å². The molecule has 0 radical (unpaired) electrons. The zero-order chi connectivity index (χ0) is 35.2. The van der Waals surface area contributed by atoms with Gasteiger partial charge in [0.15, 0.2) is 0 Å². The number of phosphoric ester groups is 1. The number of carbonyl (C=O) groups excluding carboxylic acids is 2. The van der Waals surface area contributed by atoms with Gasteiger partial charge in [0.1, 0.15) is 12.2 Å². The summed E-state index contributed by atoms with van der Waals surface area (Å²) < 4.78 is 64.4. The number of alkyl halides is 2. The Morgan fingerprint density at radius 1 is 0.745 bits per heavy atom. The maximum Gasteiger partial charge on any atom is 0.472 e. The number of rotatable bonds is 34. The van der Waals surface area contributed by atoms with Crippen LogP contribution in [0.5, 0.6) is 0 Å². The largest absolute Gasteiger partial charge is 0.472 e. The normalized spacial score (nSPS) is 14.4. The van der Waals surface area contributed by atoms with Gasteiger partial charge in [0.25, 0.3) is 0 Å². The fraction of sp³-hybridized carbons (Fsp3) is 0.939. The summed E-state index contributed by atoms with van der Waals surface area (Å²) in [7, 11) is -4.64. The highest BCUT2D eigenvalue weighted by Gasteiger charge is 2.39. The van der Waals surface area contributed by atoms with Gasteiger partial charge < -0.3 is 29.3 Å². The van der Waals surface area contributed by atoms with Crippen LogP contribution in [0.25, 0.3) is 0 Å². The number of unbranched alkanes of at least 4 members (excludes halogenated alkanes) is 16. The van der Waals surface area contributed by atoms with Crippen LogP contribution >= 0.6 is 7.82 Å². The van der Waals surface area contributed by atoms with E-state index in [1.807, 2.05) is 0 Å². The van der Waals surface area contributed by atoms with Crippen LogP contribution in [0.1, 0.15) is 142 Å². The molecule has 0 bridgehead atoms. The number of phosphoric acid groups is 1. The zero-order valence-electron chi connectivity index (χ0n) is 28.9. The first-order valence-electron chi connectivity index (χ1n) is 17.7. The molecule has 1 unspecified atom stereocenters. The summed E-state index contributed by atoms with van der Waals surface area (Å²) in [5.41, 5.74) is 0. The molecule has 0 saturated carbocycles. The van der Waals surface area contributed by atoms with E-state index in [0.717, 1.165) is 25.7 Å². The Morgan fingerprint density at radius 3 is 1.77 bits per heavy atom. The lowest BCUT2D eigenvalue weighted by Gasteiger charge is -2.20. The average Bonchev–Trinajstić information content (AvgIpc) is 3.04. The topological polar surface area (TPSA) is 158 Å². The Hall–Kier alpha value is -1.21. The second kappa shape index (κ2) is 29.7. The van der Waals surface area contributed by atoms with Crippen molar-refractivity contribution in [2.24, 2.45) is 0 Å². The van der Waals surface area contributed by atoms with Crippen LogP contribution in [0.4, 0.5) is 8.78 Å². The lowest BCUT2D eigenvalue weighted by atomic mass is 10.0. The molecule has 0 aliphatic carbocycles. The number of esters is 2. The van der Waals surface area contributed by atoms with Gasteiger partial charge in [-0.15, -0.1) is 0 Å². The lowest BCUT2D eigenvalue weighted by molar-refractivity contribution is -0.172. The fourth-order valence-corrected chi connectivity index (χ4v) is 5.52. The molecule has 3 atom stereocenters. The number of ether oxygens (including phenoxy) is 3. The number of halogens is 2. The second-order valence-corrected chi connectivity index (χ2v) is 13.5. The SMILES string of the molecule is CCCCCCCCCCCCCCCCCCOC[C@H](COP(=O)(O)OC[C@@H](O)CO)OC(=O)CCCCC(F)(F)C(=O)OCC. The van der Waals surface area contributed by atoms with Crippen LogP contribution in [0, 0.1) is 0 Å². The predicted octanol–water partition coefficient (Wildman–Crippen LogP) is 7.42. The van der Waals surface area contributed by atoms with Gasteiger partial charge in [-0.05, 0) is 26.2 Å². The van der Waals surface area contributed by atoms with Crippen molar-refractivity contribution >= 4 is 19.8 Å². The number of hydrogen-bond donors (Lipinski definition) is 3. The molecule has 14 heteroatoms. The van der Waals surface area contributed by atoms with Gasteiger partial charge in [-0.2, -0.15) is 8.78 Å². The summed E-state index contributed by atoms with van der Waals surface area (Å²) in [6, 6.07) is 0. The van der Waals surface area contributed by atoms with E-state index in [1.54, 1.807) is 0 Å². The number of hydrogen-bond acceptors (Lipinski definition) is 10. The van der Waals surface area contributed by atoms with Crippen LogP contribution in [-0.4, -0.2) is 84.8 Å². The van der Waals surface area contributed by atoms with Gasteiger partial charge in [0, 0.05) is 19.4 Å². The molecule has 0 fully saturated rings. The third kappa shape index (κ3) is 28.3. The third-order valence-electron chi connectivity index (χ3n) is 7.50. The monoisotopic (exact) mass is 704 g/mol. The van der Waals surface area contributed by atoms with Crippen LogP contribution in [-0.2, 0) is 37.4 Å². The molecule has 3 N–H and O–H groups in total. The molecule has 47 heavy (non-hydrogen) atoms. The van der Waals surface area contributed by atoms with Gasteiger partial charge >= 0.3 is 25.7 Å². The van der Waals surface area contributed by atoms with E-state index in [-0.39, 0.29) is 32.5 Å². The predicted molar refractivity (Wildman–Crippen MR) is 175 cm³/mol. The molecule has 0 aromatic rings. The molecule has 0 aromatic carbocycles. The molecule has 0 rings (SSSR count). The highest BCUT2D eigenvalue weighted by molar-refractivity contribution is 7.47. The van der Waals surface area contributed by atoms with E-state index in [9.17, 15) is 32.9 Å². The minimum absolute atomic E-state index is 0.0160. The average molecular weight is 705 g/mol. The molecule has 0 saturated heterocycles. The quantitative estimate of drug-likeness (QED) is 0.0348. The molecule has 0 amide bonds. The van der Waals surface area contributed by atoms with Crippen LogP contribution in [0.2, 0.25) is 0 Å². The van der Waals surface area contributed by atoms with Crippen molar-refractivity contribution in [1.29, 1.82) is 0 Å². The second-order valence-electron chi connectivity index (χ2n) is 12.0. The Morgan fingerprint density at radius 2 is 1.26 bits per heavy atom. The minimum atomic E-state index is -4.64. The minimum Gasteiger partial charge on any atom is -0.462 e. The summed E-state index contributed by atoms with van der Waals surface area (Å²) in [5.74, 6) is -6.01. The molecule has 0 aromatic heterocycles. The smallest absolute Gasteiger partial charge is 0.462 e. The number of aliphatic hydroxyl groups excluding tert-OH is 2.